The number of nitro groups is 1. The fraction of sp³-hybridized carbons (Fsp3) is 0.462. The van der Waals surface area contributed by atoms with Gasteiger partial charge in [-0.05, 0) is 32.6 Å². The van der Waals surface area contributed by atoms with Crippen LogP contribution in [0.4, 0.5) is 11.4 Å². The highest BCUT2D eigenvalue weighted by atomic mass is 16.6. The molecular weight excluding hydrogens is 262 g/mol. The first-order valence-corrected chi connectivity index (χ1v) is 6.33. The molecule has 0 saturated carbocycles. The van der Waals surface area contributed by atoms with Crippen molar-refractivity contribution in [2.45, 2.75) is 12.5 Å². The summed E-state index contributed by atoms with van der Waals surface area (Å²) in [6.45, 7) is 1.60. The van der Waals surface area contributed by atoms with Crippen molar-refractivity contribution in [1.29, 1.82) is 0 Å². The number of nitro benzene ring substituents is 1. The zero-order valence-electron chi connectivity index (χ0n) is 11.4. The largest absolute Gasteiger partial charge is 0.477 e. The van der Waals surface area contributed by atoms with Gasteiger partial charge in [0, 0.05) is 30.9 Å². The molecule has 20 heavy (non-hydrogen) atoms. The molecule has 0 radical (unpaired) electrons. The number of carbonyl (C=O) groups is 1. The molecule has 1 aromatic carbocycles. The molecule has 1 fully saturated rings. The molecule has 0 amide bonds. The second-order valence-corrected chi connectivity index (χ2v) is 5.12. The Morgan fingerprint density at radius 3 is 2.70 bits per heavy atom. The fourth-order valence-electron chi connectivity index (χ4n) is 2.45. The smallest absolute Gasteiger partial charge is 0.342 e. The molecule has 0 aromatic heterocycles. The molecule has 1 N–H and O–H groups in total. The van der Waals surface area contributed by atoms with Crippen molar-refractivity contribution < 1.29 is 14.8 Å². The molecule has 7 nitrogen and oxygen atoms in total. The maximum absolute atomic E-state index is 11.0. The average Bonchev–Trinajstić information content (AvgIpc) is 2.87. The van der Waals surface area contributed by atoms with Gasteiger partial charge in [0.05, 0.1) is 4.92 Å². The summed E-state index contributed by atoms with van der Waals surface area (Å²) in [6.07, 6.45) is 0.988. The summed E-state index contributed by atoms with van der Waals surface area (Å²) in [5.74, 6) is -1.28. The first-order valence-electron chi connectivity index (χ1n) is 6.33. The molecule has 0 bridgehead atoms. The summed E-state index contributed by atoms with van der Waals surface area (Å²) in [7, 11) is 4.01. The van der Waals surface area contributed by atoms with Gasteiger partial charge in [0.1, 0.15) is 5.56 Å². The molecule has 1 heterocycles. The van der Waals surface area contributed by atoms with Crippen molar-refractivity contribution >= 4 is 17.3 Å². The minimum atomic E-state index is -1.28. The fourth-order valence-corrected chi connectivity index (χ4v) is 2.45. The summed E-state index contributed by atoms with van der Waals surface area (Å²) in [6, 6.07) is 4.70. The van der Waals surface area contributed by atoms with Crippen LogP contribution >= 0.6 is 0 Å². The lowest BCUT2D eigenvalue weighted by Crippen LogP contribution is -2.31. The number of likely N-dealkylation sites (N-methyl/N-ethyl adjacent to an activating group) is 1. The summed E-state index contributed by atoms with van der Waals surface area (Å²) in [5.41, 5.74) is 0.0662. The molecular formula is C13H17N3O4. The maximum Gasteiger partial charge on any atom is 0.342 e. The number of rotatable bonds is 4. The van der Waals surface area contributed by atoms with Gasteiger partial charge < -0.3 is 14.9 Å². The van der Waals surface area contributed by atoms with E-state index in [0.29, 0.717) is 11.7 Å². The molecule has 1 unspecified atom stereocenters. The van der Waals surface area contributed by atoms with E-state index in [4.69, 9.17) is 5.11 Å². The minimum absolute atomic E-state index is 0.276. The molecule has 1 saturated heterocycles. The van der Waals surface area contributed by atoms with Crippen LogP contribution in [0.5, 0.6) is 0 Å². The number of hydrogen-bond donors (Lipinski definition) is 1. The summed E-state index contributed by atoms with van der Waals surface area (Å²) in [5, 5.41) is 19.9. The van der Waals surface area contributed by atoms with Crippen molar-refractivity contribution in [1.82, 2.24) is 4.90 Å². The Hall–Kier alpha value is -2.15. The van der Waals surface area contributed by atoms with E-state index in [1.54, 1.807) is 6.07 Å². The SMILES string of the molecule is CN(C)C1CCN(c2ccc(C(=O)O)c([N+](=O)[O-])c2)C1. The van der Waals surface area contributed by atoms with Crippen LogP contribution in [0.3, 0.4) is 0 Å². The molecule has 0 aliphatic carbocycles. The Bertz CT molecular complexity index is 544. The number of carboxylic acid groups (broad SMARTS) is 1. The third kappa shape index (κ3) is 2.72. The summed E-state index contributed by atoms with van der Waals surface area (Å²) < 4.78 is 0. The second kappa shape index (κ2) is 5.46. The third-order valence-corrected chi connectivity index (χ3v) is 3.67. The number of hydrogen-bond acceptors (Lipinski definition) is 5. The Morgan fingerprint density at radius 1 is 1.50 bits per heavy atom. The first kappa shape index (κ1) is 14.3. The lowest BCUT2D eigenvalue weighted by atomic mass is 10.1. The normalized spacial score (nSPS) is 18.6. The summed E-state index contributed by atoms with van der Waals surface area (Å²) in [4.78, 5) is 25.5. The average molecular weight is 279 g/mol. The molecule has 1 aromatic rings. The van der Waals surface area contributed by atoms with E-state index in [9.17, 15) is 14.9 Å². The van der Waals surface area contributed by atoms with Gasteiger partial charge in [-0.3, -0.25) is 10.1 Å². The van der Waals surface area contributed by atoms with Gasteiger partial charge in [0.2, 0.25) is 0 Å². The van der Waals surface area contributed by atoms with Gasteiger partial charge in [-0.15, -0.1) is 0 Å². The highest BCUT2D eigenvalue weighted by molar-refractivity contribution is 5.93. The number of nitrogens with zero attached hydrogens (tertiary/aromatic N) is 3. The van der Waals surface area contributed by atoms with Crippen molar-refractivity contribution in [2.24, 2.45) is 0 Å². The number of aromatic carboxylic acids is 1. The Balaban J connectivity index is 2.28. The molecule has 0 spiro atoms. The zero-order valence-corrected chi connectivity index (χ0v) is 11.4. The van der Waals surface area contributed by atoms with Crippen LogP contribution in [0.25, 0.3) is 0 Å². The molecule has 1 atom stereocenters. The van der Waals surface area contributed by atoms with Crippen molar-refractivity contribution in [2.75, 3.05) is 32.1 Å². The van der Waals surface area contributed by atoms with Crippen LogP contribution < -0.4 is 4.90 Å². The lowest BCUT2D eigenvalue weighted by molar-refractivity contribution is -0.385. The standard InChI is InChI=1S/C13H17N3O4/c1-14(2)10-5-6-15(8-10)9-3-4-11(13(17)18)12(7-9)16(19)20/h3-4,7,10H,5-6,8H2,1-2H3,(H,17,18). The Labute approximate surface area is 116 Å². The van der Waals surface area contributed by atoms with Crippen LogP contribution in [0.15, 0.2) is 18.2 Å². The van der Waals surface area contributed by atoms with Gasteiger partial charge in [0.15, 0.2) is 0 Å². The highest BCUT2D eigenvalue weighted by Gasteiger charge is 2.27. The van der Waals surface area contributed by atoms with E-state index < -0.39 is 10.9 Å². The Kier molecular flexibility index (Phi) is 3.89. The predicted octanol–water partition coefficient (Wildman–Crippen LogP) is 1.43. The molecule has 2 rings (SSSR count). The maximum atomic E-state index is 11.0. The molecule has 7 heteroatoms. The van der Waals surface area contributed by atoms with E-state index in [-0.39, 0.29) is 11.3 Å². The molecule has 1 aliphatic heterocycles. The highest BCUT2D eigenvalue weighted by Crippen LogP contribution is 2.28. The van der Waals surface area contributed by atoms with Crippen LogP contribution in [0.2, 0.25) is 0 Å². The molecule has 108 valence electrons. The Morgan fingerprint density at radius 2 is 2.20 bits per heavy atom. The van der Waals surface area contributed by atoms with E-state index >= 15 is 0 Å². The summed E-state index contributed by atoms with van der Waals surface area (Å²) >= 11 is 0. The number of carboxylic acids is 1. The van der Waals surface area contributed by atoms with Crippen LogP contribution in [0, 0.1) is 10.1 Å². The minimum Gasteiger partial charge on any atom is -0.477 e. The predicted molar refractivity (Wildman–Crippen MR) is 74.4 cm³/mol. The van der Waals surface area contributed by atoms with E-state index in [1.807, 2.05) is 19.0 Å². The van der Waals surface area contributed by atoms with Crippen LogP contribution in [-0.4, -0.2) is 54.1 Å². The van der Waals surface area contributed by atoms with Gasteiger partial charge in [0.25, 0.3) is 5.69 Å². The number of anilines is 1. The number of benzene rings is 1. The van der Waals surface area contributed by atoms with E-state index in [2.05, 4.69) is 4.90 Å². The molecule has 1 aliphatic rings. The van der Waals surface area contributed by atoms with E-state index in [0.717, 1.165) is 19.5 Å². The van der Waals surface area contributed by atoms with Crippen LogP contribution in [-0.2, 0) is 0 Å². The van der Waals surface area contributed by atoms with Gasteiger partial charge >= 0.3 is 5.97 Å². The monoisotopic (exact) mass is 279 g/mol. The third-order valence-electron chi connectivity index (χ3n) is 3.67. The lowest BCUT2D eigenvalue weighted by Gasteiger charge is -2.21. The van der Waals surface area contributed by atoms with E-state index in [1.165, 1.54) is 12.1 Å². The van der Waals surface area contributed by atoms with Gasteiger partial charge in [-0.25, -0.2) is 4.79 Å². The topological polar surface area (TPSA) is 86.9 Å². The van der Waals surface area contributed by atoms with Crippen molar-refractivity contribution in [3.05, 3.63) is 33.9 Å². The van der Waals surface area contributed by atoms with Gasteiger partial charge in [-0.2, -0.15) is 0 Å². The second-order valence-electron chi connectivity index (χ2n) is 5.12. The van der Waals surface area contributed by atoms with Crippen molar-refractivity contribution in [3.8, 4) is 0 Å². The zero-order chi connectivity index (χ0) is 14.9. The van der Waals surface area contributed by atoms with Crippen LogP contribution in [0.1, 0.15) is 16.8 Å². The van der Waals surface area contributed by atoms with Crippen molar-refractivity contribution in [3.63, 3.8) is 0 Å². The van der Waals surface area contributed by atoms with Gasteiger partial charge in [-0.1, -0.05) is 0 Å². The quantitative estimate of drug-likeness (QED) is 0.662. The first-order chi connectivity index (χ1) is 9.40.